The Morgan fingerprint density at radius 1 is 0.483 bits per heavy atom. The molecule has 0 aliphatic carbocycles. The molecule has 0 atom stereocenters. The van der Waals surface area contributed by atoms with Crippen LogP contribution in [0.4, 0.5) is 0 Å². The van der Waals surface area contributed by atoms with Crippen molar-refractivity contribution < 1.29 is 10.2 Å². The molecule has 0 aromatic heterocycles. The predicted octanol–water partition coefficient (Wildman–Crippen LogP) is 1.63. The van der Waals surface area contributed by atoms with Crippen LogP contribution < -0.4 is 21.3 Å². The van der Waals surface area contributed by atoms with Gasteiger partial charge >= 0.3 is 0 Å². The zero-order valence-electron chi connectivity index (χ0n) is 17.3. The minimum atomic E-state index is 0.380. The van der Waals surface area contributed by atoms with Gasteiger partial charge in [0.05, 0.1) is 0 Å². The summed E-state index contributed by atoms with van der Waals surface area (Å²) in [4.78, 5) is 0. The SMILES string of the molecule is Oc1ccccc1CCNCCNCCCNCCNCCc1ccccc1O. The van der Waals surface area contributed by atoms with E-state index in [1.807, 2.05) is 36.4 Å². The summed E-state index contributed by atoms with van der Waals surface area (Å²) >= 11 is 0. The van der Waals surface area contributed by atoms with Gasteiger partial charge in [-0.15, -0.1) is 0 Å². The quantitative estimate of drug-likeness (QED) is 0.240. The van der Waals surface area contributed by atoms with Crippen LogP contribution in [-0.4, -0.2) is 62.6 Å². The number of para-hydroxylation sites is 2. The van der Waals surface area contributed by atoms with Gasteiger partial charge in [0.2, 0.25) is 0 Å². The highest BCUT2D eigenvalue weighted by molar-refractivity contribution is 5.32. The maximum Gasteiger partial charge on any atom is 0.118 e. The summed E-state index contributed by atoms with van der Waals surface area (Å²) in [5, 5.41) is 33.1. The Balaban J connectivity index is 1.31. The highest BCUT2D eigenvalue weighted by Gasteiger charge is 1.99. The smallest absolute Gasteiger partial charge is 0.118 e. The van der Waals surface area contributed by atoms with E-state index >= 15 is 0 Å². The fourth-order valence-electron chi connectivity index (χ4n) is 3.08. The van der Waals surface area contributed by atoms with Crippen molar-refractivity contribution in [3.63, 3.8) is 0 Å². The molecule has 160 valence electrons. The first kappa shape index (κ1) is 23.2. The molecule has 0 unspecified atom stereocenters. The molecule has 6 N–H and O–H groups in total. The minimum absolute atomic E-state index is 0.380. The number of aromatic hydroxyl groups is 2. The van der Waals surface area contributed by atoms with Gasteiger partial charge in [-0.25, -0.2) is 0 Å². The first-order chi connectivity index (χ1) is 14.3. The van der Waals surface area contributed by atoms with Crippen LogP contribution in [0.2, 0.25) is 0 Å². The average molecular weight is 401 g/mol. The van der Waals surface area contributed by atoms with E-state index < -0.39 is 0 Å². The van der Waals surface area contributed by atoms with Crippen molar-refractivity contribution >= 4 is 0 Å². The van der Waals surface area contributed by atoms with Crippen LogP contribution in [0.3, 0.4) is 0 Å². The second-order valence-electron chi connectivity index (χ2n) is 7.11. The molecule has 0 heterocycles. The Labute approximate surface area is 174 Å². The van der Waals surface area contributed by atoms with Gasteiger partial charge in [0, 0.05) is 26.2 Å². The highest BCUT2D eigenvalue weighted by atomic mass is 16.3. The van der Waals surface area contributed by atoms with Gasteiger partial charge in [-0.2, -0.15) is 0 Å². The van der Waals surface area contributed by atoms with E-state index in [1.54, 1.807) is 12.1 Å². The van der Waals surface area contributed by atoms with E-state index in [9.17, 15) is 10.2 Å². The van der Waals surface area contributed by atoms with Crippen LogP contribution in [0, 0.1) is 0 Å². The summed E-state index contributed by atoms with van der Waals surface area (Å²) in [6.45, 7) is 7.53. The normalized spacial score (nSPS) is 11.0. The maximum atomic E-state index is 9.71. The monoisotopic (exact) mass is 400 g/mol. The molecule has 0 aliphatic heterocycles. The van der Waals surface area contributed by atoms with E-state index in [2.05, 4.69) is 21.3 Å². The van der Waals surface area contributed by atoms with E-state index in [0.717, 1.165) is 82.7 Å². The lowest BCUT2D eigenvalue weighted by Crippen LogP contribution is -2.32. The summed E-state index contributed by atoms with van der Waals surface area (Å²) in [6, 6.07) is 15.0. The summed E-state index contributed by atoms with van der Waals surface area (Å²) in [6.07, 6.45) is 2.80. The molecule has 2 aromatic rings. The fourth-order valence-corrected chi connectivity index (χ4v) is 3.08. The molecule has 2 aromatic carbocycles. The molecule has 6 nitrogen and oxygen atoms in total. The Morgan fingerprint density at radius 2 is 0.862 bits per heavy atom. The Kier molecular flexibility index (Phi) is 11.8. The van der Waals surface area contributed by atoms with Gasteiger partial charge in [0.1, 0.15) is 11.5 Å². The number of nitrogens with one attached hydrogen (secondary N) is 4. The first-order valence-electron chi connectivity index (χ1n) is 10.6. The summed E-state index contributed by atoms with van der Waals surface area (Å²) < 4.78 is 0. The van der Waals surface area contributed by atoms with Crippen LogP contribution in [0.15, 0.2) is 48.5 Å². The van der Waals surface area contributed by atoms with Crippen molar-refractivity contribution in [3.05, 3.63) is 59.7 Å². The maximum absolute atomic E-state index is 9.71. The molecule has 0 saturated heterocycles. The van der Waals surface area contributed by atoms with Crippen molar-refractivity contribution in [2.45, 2.75) is 19.3 Å². The Morgan fingerprint density at radius 3 is 1.28 bits per heavy atom. The lowest BCUT2D eigenvalue weighted by atomic mass is 10.1. The number of hydrogen-bond donors (Lipinski definition) is 6. The first-order valence-corrected chi connectivity index (χ1v) is 10.6. The van der Waals surface area contributed by atoms with Crippen LogP contribution in [0.25, 0.3) is 0 Å². The molecule has 0 saturated carbocycles. The second-order valence-corrected chi connectivity index (χ2v) is 7.11. The van der Waals surface area contributed by atoms with E-state index in [4.69, 9.17) is 0 Å². The summed E-state index contributed by atoms with van der Waals surface area (Å²) in [5.74, 6) is 0.760. The second kappa shape index (κ2) is 14.8. The van der Waals surface area contributed by atoms with Crippen molar-refractivity contribution in [1.29, 1.82) is 0 Å². The van der Waals surface area contributed by atoms with Crippen LogP contribution in [0.1, 0.15) is 17.5 Å². The molecule has 29 heavy (non-hydrogen) atoms. The molecule has 6 heteroatoms. The molecule has 2 rings (SSSR count). The zero-order valence-corrected chi connectivity index (χ0v) is 17.3. The minimum Gasteiger partial charge on any atom is -0.508 e. The number of phenolic OH excluding ortho intramolecular Hbond substituents is 2. The standard InChI is InChI=1S/C23H36N4O2/c28-22-8-3-1-6-20(22)10-14-26-18-16-24-12-5-13-25-17-19-27-15-11-21-7-2-4-9-23(21)29/h1-4,6-9,24-29H,5,10-19H2. The van der Waals surface area contributed by atoms with Gasteiger partial charge in [-0.1, -0.05) is 36.4 Å². The highest BCUT2D eigenvalue weighted by Crippen LogP contribution is 2.16. The molecule has 0 spiro atoms. The molecular weight excluding hydrogens is 364 g/mol. The third kappa shape index (κ3) is 10.3. The topological polar surface area (TPSA) is 88.6 Å². The average Bonchev–Trinajstić information content (AvgIpc) is 2.73. The van der Waals surface area contributed by atoms with E-state index in [-0.39, 0.29) is 0 Å². The van der Waals surface area contributed by atoms with Gasteiger partial charge in [0.25, 0.3) is 0 Å². The van der Waals surface area contributed by atoms with E-state index in [1.165, 1.54) is 0 Å². The fraction of sp³-hybridized carbons (Fsp3) is 0.478. The number of rotatable bonds is 16. The molecule has 0 radical (unpaired) electrons. The lowest BCUT2D eigenvalue weighted by molar-refractivity contribution is 0.466. The van der Waals surface area contributed by atoms with Crippen LogP contribution >= 0.6 is 0 Å². The van der Waals surface area contributed by atoms with Crippen LogP contribution in [-0.2, 0) is 12.8 Å². The van der Waals surface area contributed by atoms with Crippen molar-refractivity contribution in [2.75, 3.05) is 52.4 Å². The molecule has 0 fully saturated rings. The summed E-state index contributed by atoms with van der Waals surface area (Å²) in [5.41, 5.74) is 1.98. The third-order valence-corrected chi connectivity index (χ3v) is 4.79. The van der Waals surface area contributed by atoms with Crippen LogP contribution in [0.5, 0.6) is 11.5 Å². The molecular formula is C23H36N4O2. The number of hydrogen-bond acceptors (Lipinski definition) is 6. The third-order valence-electron chi connectivity index (χ3n) is 4.79. The van der Waals surface area contributed by atoms with E-state index in [0.29, 0.717) is 11.5 Å². The molecule has 0 aliphatic rings. The largest absolute Gasteiger partial charge is 0.508 e. The zero-order chi connectivity index (χ0) is 20.6. The molecule has 0 amide bonds. The lowest BCUT2D eigenvalue weighted by Gasteiger charge is -2.09. The Hall–Kier alpha value is -2.12. The van der Waals surface area contributed by atoms with Gasteiger partial charge in [0.15, 0.2) is 0 Å². The van der Waals surface area contributed by atoms with Gasteiger partial charge in [-0.05, 0) is 68.7 Å². The Bertz CT molecular complexity index is 624. The van der Waals surface area contributed by atoms with Crippen molar-refractivity contribution in [2.24, 2.45) is 0 Å². The van der Waals surface area contributed by atoms with Crippen molar-refractivity contribution in [1.82, 2.24) is 21.3 Å². The number of phenols is 2. The van der Waals surface area contributed by atoms with Gasteiger partial charge < -0.3 is 31.5 Å². The molecule has 0 bridgehead atoms. The van der Waals surface area contributed by atoms with Crippen molar-refractivity contribution in [3.8, 4) is 11.5 Å². The predicted molar refractivity (Wildman–Crippen MR) is 120 cm³/mol. The van der Waals surface area contributed by atoms with Gasteiger partial charge in [-0.3, -0.25) is 0 Å². The number of benzene rings is 2. The summed E-state index contributed by atoms with van der Waals surface area (Å²) in [7, 11) is 0.